The van der Waals surface area contributed by atoms with Crippen LogP contribution >= 0.6 is 0 Å². The average Bonchev–Trinajstić information content (AvgIpc) is 2.86. The zero-order valence-corrected chi connectivity index (χ0v) is 19.3. The number of aromatic hydroxyl groups is 1. The molecule has 1 N–H and O–H groups in total. The minimum atomic E-state index is -0.797. The first-order chi connectivity index (χ1) is 17.7. The number of nitro benzene ring substituents is 2. The molecule has 0 atom stereocenters. The third kappa shape index (κ3) is 4.75. The molecule has 0 unspecified atom stereocenters. The van der Waals surface area contributed by atoms with Crippen molar-refractivity contribution in [2.24, 2.45) is 10.2 Å². The Morgan fingerprint density at radius 1 is 1.00 bits per heavy atom. The number of phenols is 1. The minimum Gasteiger partial charge on any atom is -0.506 e. The lowest BCUT2D eigenvalue weighted by Crippen LogP contribution is -2.02. The molecule has 0 aliphatic heterocycles. The molecule has 0 amide bonds. The van der Waals surface area contributed by atoms with Gasteiger partial charge < -0.3 is 14.6 Å². The fraction of sp³-hybridized carbons (Fsp3) is 0.0800. The normalized spacial score (nSPS) is 11.1. The predicted molar refractivity (Wildman–Crippen MR) is 134 cm³/mol. The van der Waals surface area contributed by atoms with Gasteiger partial charge in [-0.15, -0.1) is 10.2 Å². The maximum absolute atomic E-state index is 11.7. The first-order valence-electron chi connectivity index (χ1n) is 10.7. The molecule has 12 heteroatoms. The van der Waals surface area contributed by atoms with E-state index in [0.29, 0.717) is 10.8 Å². The van der Waals surface area contributed by atoms with Gasteiger partial charge in [-0.2, -0.15) is 0 Å². The van der Waals surface area contributed by atoms with Crippen LogP contribution < -0.4 is 9.47 Å². The van der Waals surface area contributed by atoms with Crippen molar-refractivity contribution in [2.75, 3.05) is 6.61 Å². The van der Waals surface area contributed by atoms with E-state index >= 15 is 0 Å². The SMILES string of the molecule is C=CCOc1cccc2c(N=Nc3ccc([N+](=O)[O-])cc3[N+](=O)[O-])c3cccc(OC(C)=O)c3c(O)c12. The van der Waals surface area contributed by atoms with Crippen LogP contribution in [-0.4, -0.2) is 27.5 Å². The Morgan fingerprint density at radius 3 is 2.24 bits per heavy atom. The van der Waals surface area contributed by atoms with Crippen LogP contribution in [0.5, 0.6) is 17.2 Å². The van der Waals surface area contributed by atoms with Crippen molar-refractivity contribution < 1.29 is 29.2 Å². The topological polar surface area (TPSA) is 167 Å². The molecule has 4 aromatic rings. The van der Waals surface area contributed by atoms with Crippen molar-refractivity contribution >= 4 is 50.3 Å². The predicted octanol–water partition coefficient (Wildman–Crippen LogP) is 6.42. The summed E-state index contributed by atoms with van der Waals surface area (Å²) in [6, 6.07) is 12.6. The number of benzene rings is 4. The smallest absolute Gasteiger partial charge is 0.308 e. The molecular weight excluding hydrogens is 484 g/mol. The molecule has 12 nitrogen and oxygen atoms in total. The molecule has 4 rings (SSSR count). The van der Waals surface area contributed by atoms with Gasteiger partial charge in [0.05, 0.1) is 26.7 Å². The molecule has 0 saturated carbocycles. The zero-order chi connectivity index (χ0) is 26.7. The van der Waals surface area contributed by atoms with Crippen LogP contribution in [0.25, 0.3) is 21.5 Å². The molecule has 0 aliphatic rings. The molecule has 0 aliphatic carbocycles. The first-order valence-corrected chi connectivity index (χ1v) is 10.7. The highest BCUT2D eigenvalue weighted by atomic mass is 16.6. The fourth-order valence-electron chi connectivity index (χ4n) is 3.79. The largest absolute Gasteiger partial charge is 0.506 e. The number of rotatable bonds is 8. The molecule has 4 aromatic carbocycles. The highest BCUT2D eigenvalue weighted by molar-refractivity contribution is 6.18. The van der Waals surface area contributed by atoms with E-state index in [1.807, 2.05) is 0 Å². The molecule has 0 spiro atoms. The lowest BCUT2D eigenvalue weighted by Gasteiger charge is -2.15. The number of nitro groups is 2. The maximum atomic E-state index is 11.7. The van der Waals surface area contributed by atoms with E-state index in [1.165, 1.54) is 19.1 Å². The molecule has 0 radical (unpaired) electrons. The Morgan fingerprint density at radius 2 is 1.65 bits per heavy atom. The Hall–Kier alpha value is -5.39. The lowest BCUT2D eigenvalue weighted by atomic mass is 9.98. The van der Waals surface area contributed by atoms with Gasteiger partial charge in [0.15, 0.2) is 5.69 Å². The lowest BCUT2D eigenvalue weighted by molar-refractivity contribution is -0.393. The molecule has 0 fully saturated rings. The summed E-state index contributed by atoms with van der Waals surface area (Å²) in [4.78, 5) is 32.8. The number of phenolic OH excluding ortho intramolecular Hbond substituents is 1. The second-order valence-corrected chi connectivity index (χ2v) is 7.64. The van der Waals surface area contributed by atoms with Gasteiger partial charge in [0.1, 0.15) is 29.5 Å². The van der Waals surface area contributed by atoms with E-state index in [-0.39, 0.29) is 46.0 Å². The standard InChI is InChI=1S/C25H18N4O8/c1-3-12-36-20-8-4-6-16-22(20)25(31)23-17(7-5-9-21(23)37-14(2)30)24(16)27-26-18-11-10-15(28(32)33)13-19(18)29(34)35/h3-11,13,31H,1,12H2,2H3. The van der Waals surface area contributed by atoms with Gasteiger partial charge in [-0.3, -0.25) is 25.0 Å². The minimum absolute atomic E-state index is 0.0562. The van der Waals surface area contributed by atoms with Crippen LogP contribution in [0.4, 0.5) is 22.7 Å². The number of carbonyl (C=O) groups excluding carboxylic acids is 1. The number of nitrogens with zero attached hydrogens (tertiary/aromatic N) is 4. The van der Waals surface area contributed by atoms with Gasteiger partial charge in [-0.25, -0.2) is 0 Å². The third-order valence-corrected chi connectivity index (χ3v) is 5.27. The summed E-state index contributed by atoms with van der Waals surface area (Å²) in [6.45, 7) is 4.96. The van der Waals surface area contributed by atoms with Gasteiger partial charge >= 0.3 is 11.7 Å². The number of hydrogen-bond acceptors (Lipinski definition) is 10. The van der Waals surface area contributed by atoms with Gasteiger partial charge in [-0.1, -0.05) is 36.9 Å². The highest BCUT2D eigenvalue weighted by Gasteiger charge is 2.22. The molecule has 0 bridgehead atoms. The zero-order valence-electron chi connectivity index (χ0n) is 19.3. The van der Waals surface area contributed by atoms with Crippen molar-refractivity contribution in [2.45, 2.75) is 6.92 Å². The van der Waals surface area contributed by atoms with Crippen molar-refractivity contribution in [1.29, 1.82) is 0 Å². The Bertz CT molecular complexity index is 1630. The molecule has 0 aromatic heterocycles. The summed E-state index contributed by atoms with van der Waals surface area (Å²) >= 11 is 0. The summed E-state index contributed by atoms with van der Waals surface area (Å²) in [5.74, 6) is -0.512. The summed E-state index contributed by atoms with van der Waals surface area (Å²) in [6.07, 6.45) is 1.52. The number of fused-ring (bicyclic) bond motifs is 2. The molecule has 0 saturated heterocycles. The molecule has 0 heterocycles. The average molecular weight is 502 g/mol. The summed E-state index contributed by atoms with van der Waals surface area (Å²) in [7, 11) is 0. The third-order valence-electron chi connectivity index (χ3n) is 5.27. The number of hydrogen-bond donors (Lipinski definition) is 1. The van der Waals surface area contributed by atoms with Crippen molar-refractivity contribution in [3.05, 3.63) is 87.5 Å². The second kappa shape index (κ2) is 10.1. The van der Waals surface area contributed by atoms with Crippen LogP contribution in [-0.2, 0) is 4.79 Å². The molecule has 37 heavy (non-hydrogen) atoms. The van der Waals surface area contributed by atoms with Crippen molar-refractivity contribution in [3.8, 4) is 17.2 Å². The van der Waals surface area contributed by atoms with E-state index in [0.717, 1.165) is 18.2 Å². The maximum Gasteiger partial charge on any atom is 0.308 e. The van der Waals surface area contributed by atoms with Crippen LogP contribution in [0.2, 0.25) is 0 Å². The van der Waals surface area contributed by atoms with Crippen molar-refractivity contribution in [3.63, 3.8) is 0 Å². The van der Waals surface area contributed by atoms with E-state index < -0.39 is 27.2 Å². The van der Waals surface area contributed by atoms with Crippen LogP contribution in [0.1, 0.15) is 6.92 Å². The van der Waals surface area contributed by atoms with Crippen LogP contribution in [0, 0.1) is 20.2 Å². The van der Waals surface area contributed by atoms with Crippen LogP contribution in [0.15, 0.2) is 77.5 Å². The Kier molecular flexibility index (Phi) is 6.73. The van der Waals surface area contributed by atoms with Gasteiger partial charge in [0, 0.05) is 23.8 Å². The summed E-state index contributed by atoms with van der Waals surface area (Å²) < 4.78 is 11.0. The van der Waals surface area contributed by atoms with E-state index in [1.54, 1.807) is 30.3 Å². The monoisotopic (exact) mass is 502 g/mol. The quantitative estimate of drug-likeness (QED) is 0.0547. The van der Waals surface area contributed by atoms with Gasteiger partial charge in [0.25, 0.3) is 5.69 Å². The highest BCUT2D eigenvalue weighted by Crippen LogP contribution is 2.49. The Labute approximate surface area is 208 Å². The second-order valence-electron chi connectivity index (χ2n) is 7.64. The molecular formula is C25H18N4O8. The summed E-state index contributed by atoms with van der Waals surface area (Å²) in [5.41, 5.74) is -1.11. The number of azo groups is 1. The van der Waals surface area contributed by atoms with Crippen LogP contribution in [0.3, 0.4) is 0 Å². The summed E-state index contributed by atoms with van der Waals surface area (Å²) in [5, 5.41) is 43.3. The number of esters is 1. The number of ether oxygens (including phenoxy) is 2. The van der Waals surface area contributed by atoms with Crippen molar-refractivity contribution in [1.82, 2.24) is 0 Å². The van der Waals surface area contributed by atoms with E-state index in [2.05, 4.69) is 16.8 Å². The van der Waals surface area contributed by atoms with Gasteiger partial charge in [0.2, 0.25) is 0 Å². The van der Waals surface area contributed by atoms with E-state index in [4.69, 9.17) is 9.47 Å². The first kappa shape index (κ1) is 24.7. The molecule has 186 valence electrons. The Balaban J connectivity index is 2.04. The number of non-ortho nitro benzene ring substituents is 1. The van der Waals surface area contributed by atoms with E-state index in [9.17, 15) is 30.1 Å². The fourth-order valence-corrected chi connectivity index (χ4v) is 3.79. The number of carbonyl (C=O) groups is 1. The van der Waals surface area contributed by atoms with Gasteiger partial charge in [-0.05, 0) is 18.2 Å².